The number of amides is 1. The monoisotopic (exact) mass is 480 g/mol. The number of benzene rings is 1. The van der Waals surface area contributed by atoms with Crippen LogP contribution in [0, 0.1) is 5.92 Å². The van der Waals surface area contributed by atoms with Crippen molar-refractivity contribution in [3.05, 3.63) is 57.8 Å². The third-order valence-corrected chi connectivity index (χ3v) is 8.28. The van der Waals surface area contributed by atoms with Gasteiger partial charge < -0.3 is 5.32 Å². The minimum Gasteiger partial charge on any atom is -0.325 e. The molecule has 7 heteroatoms. The van der Waals surface area contributed by atoms with Gasteiger partial charge in [0.1, 0.15) is 0 Å². The summed E-state index contributed by atoms with van der Waals surface area (Å²) in [5, 5.41) is 15.1. The number of nitrogens with one attached hydrogen (secondary N) is 1. The van der Waals surface area contributed by atoms with Gasteiger partial charge in [-0.05, 0) is 54.7 Å². The van der Waals surface area contributed by atoms with Crippen LogP contribution in [-0.2, 0) is 37.0 Å². The van der Waals surface area contributed by atoms with E-state index in [1.54, 1.807) is 0 Å². The fourth-order valence-corrected chi connectivity index (χ4v) is 6.45. The summed E-state index contributed by atoms with van der Waals surface area (Å²) in [6.45, 7) is 11.1. The third kappa shape index (κ3) is 5.09. The standard InChI is InChI=1S/C26H32N4OS2/c1-5-13-30-25(21-15-32-22-14-17(4)11-12-20(21)22)28-29-26(30)33-16-23(31)27-24-18(6-2)9-8-10-19(24)7-3/h5,8-10,15,17H,1,6-7,11-14,16H2,2-4H3,(H,27,31). The van der Waals surface area contributed by atoms with Crippen LogP contribution in [0.3, 0.4) is 0 Å². The largest absolute Gasteiger partial charge is 0.325 e. The zero-order chi connectivity index (χ0) is 23.4. The Labute approximate surface area is 204 Å². The van der Waals surface area contributed by atoms with Crippen molar-refractivity contribution in [2.75, 3.05) is 11.1 Å². The number of allylic oxidation sites excluding steroid dienone is 1. The Hall–Kier alpha value is -2.38. The molecular formula is C26H32N4OS2. The Balaban J connectivity index is 1.52. The molecule has 1 atom stereocenters. The van der Waals surface area contributed by atoms with Crippen LogP contribution in [0.25, 0.3) is 11.4 Å². The molecule has 0 saturated heterocycles. The number of fused-ring (bicyclic) bond motifs is 1. The molecule has 4 rings (SSSR count). The zero-order valence-electron chi connectivity index (χ0n) is 19.7. The molecule has 33 heavy (non-hydrogen) atoms. The normalized spacial score (nSPS) is 15.3. The lowest BCUT2D eigenvalue weighted by Gasteiger charge is -2.19. The smallest absolute Gasteiger partial charge is 0.234 e. The van der Waals surface area contributed by atoms with E-state index in [0.717, 1.165) is 48.3 Å². The molecule has 0 saturated carbocycles. The second-order valence-electron chi connectivity index (χ2n) is 8.60. The molecule has 2 aromatic heterocycles. The van der Waals surface area contributed by atoms with Crippen molar-refractivity contribution in [3.8, 4) is 11.4 Å². The lowest BCUT2D eigenvalue weighted by Crippen LogP contribution is -2.17. The zero-order valence-corrected chi connectivity index (χ0v) is 21.3. The molecule has 3 aromatic rings. The van der Waals surface area contributed by atoms with Gasteiger partial charge in [0.25, 0.3) is 0 Å². The van der Waals surface area contributed by atoms with Gasteiger partial charge in [0.05, 0.1) is 5.75 Å². The minimum atomic E-state index is -0.0211. The van der Waals surface area contributed by atoms with Crippen molar-refractivity contribution in [2.45, 2.75) is 64.6 Å². The summed E-state index contributed by atoms with van der Waals surface area (Å²) in [5.41, 5.74) is 5.91. The van der Waals surface area contributed by atoms with Gasteiger partial charge >= 0.3 is 0 Å². The van der Waals surface area contributed by atoms with E-state index in [4.69, 9.17) is 0 Å². The maximum absolute atomic E-state index is 12.8. The summed E-state index contributed by atoms with van der Waals surface area (Å²) in [4.78, 5) is 14.3. The molecule has 5 nitrogen and oxygen atoms in total. The summed E-state index contributed by atoms with van der Waals surface area (Å²) in [6.07, 6.45) is 7.10. The van der Waals surface area contributed by atoms with Crippen LogP contribution in [0.5, 0.6) is 0 Å². The van der Waals surface area contributed by atoms with E-state index in [1.165, 1.54) is 45.3 Å². The first-order chi connectivity index (χ1) is 16.0. The number of aryl methyl sites for hydroxylation is 2. The van der Waals surface area contributed by atoms with Crippen molar-refractivity contribution in [1.29, 1.82) is 0 Å². The van der Waals surface area contributed by atoms with Gasteiger partial charge in [0.2, 0.25) is 5.91 Å². The van der Waals surface area contributed by atoms with Gasteiger partial charge in [-0.25, -0.2) is 0 Å². The van der Waals surface area contributed by atoms with Crippen molar-refractivity contribution < 1.29 is 4.79 Å². The molecule has 1 amide bonds. The summed E-state index contributed by atoms with van der Waals surface area (Å²) >= 11 is 3.27. The van der Waals surface area contributed by atoms with Crippen molar-refractivity contribution in [3.63, 3.8) is 0 Å². The van der Waals surface area contributed by atoms with Crippen molar-refractivity contribution in [1.82, 2.24) is 14.8 Å². The predicted octanol–water partition coefficient (Wildman–Crippen LogP) is 6.17. The second kappa shape index (κ2) is 10.7. The molecule has 0 fully saturated rings. The number of hydrogen-bond acceptors (Lipinski definition) is 5. The van der Waals surface area contributed by atoms with E-state index in [-0.39, 0.29) is 11.7 Å². The van der Waals surface area contributed by atoms with E-state index < -0.39 is 0 Å². The molecule has 0 spiro atoms. The number of anilines is 1. The van der Waals surface area contributed by atoms with E-state index in [9.17, 15) is 4.79 Å². The highest BCUT2D eigenvalue weighted by Crippen LogP contribution is 2.38. The van der Waals surface area contributed by atoms with Crippen LogP contribution in [0.4, 0.5) is 5.69 Å². The van der Waals surface area contributed by atoms with E-state index in [1.807, 2.05) is 17.4 Å². The summed E-state index contributed by atoms with van der Waals surface area (Å²) in [6, 6.07) is 6.22. The number of thioether (sulfide) groups is 1. The predicted molar refractivity (Wildman–Crippen MR) is 139 cm³/mol. The molecule has 0 bridgehead atoms. The maximum Gasteiger partial charge on any atom is 0.234 e. The Morgan fingerprint density at radius 2 is 2.06 bits per heavy atom. The summed E-state index contributed by atoms with van der Waals surface area (Å²) in [5.74, 6) is 1.89. The number of aromatic nitrogens is 3. The highest BCUT2D eigenvalue weighted by molar-refractivity contribution is 7.99. The first-order valence-corrected chi connectivity index (χ1v) is 13.6. The van der Waals surface area contributed by atoms with Gasteiger partial charge in [-0.15, -0.1) is 28.1 Å². The SMILES string of the molecule is C=CCn1c(SCC(=O)Nc2c(CC)cccc2CC)nnc1-c1csc2c1CCC(C)C2. The minimum absolute atomic E-state index is 0.0211. The molecule has 0 radical (unpaired) electrons. The first-order valence-electron chi connectivity index (χ1n) is 11.7. The number of rotatable bonds is 9. The van der Waals surface area contributed by atoms with Crippen LogP contribution < -0.4 is 5.32 Å². The van der Waals surface area contributed by atoms with Gasteiger partial charge in [0.15, 0.2) is 11.0 Å². The molecule has 0 aliphatic heterocycles. The molecular weight excluding hydrogens is 448 g/mol. The van der Waals surface area contributed by atoms with Gasteiger partial charge in [0, 0.05) is 28.1 Å². The van der Waals surface area contributed by atoms with Crippen LogP contribution in [0.1, 0.15) is 48.8 Å². The average molecular weight is 481 g/mol. The van der Waals surface area contributed by atoms with Crippen LogP contribution in [0.2, 0.25) is 0 Å². The first kappa shape index (κ1) is 23.8. The Morgan fingerprint density at radius 1 is 1.30 bits per heavy atom. The summed E-state index contributed by atoms with van der Waals surface area (Å²) < 4.78 is 2.09. The molecule has 174 valence electrons. The highest BCUT2D eigenvalue weighted by Gasteiger charge is 2.24. The fourth-order valence-electron chi connectivity index (χ4n) is 4.46. The van der Waals surface area contributed by atoms with E-state index >= 15 is 0 Å². The Kier molecular flexibility index (Phi) is 7.71. The molecule has 1 aromatic carbocycles. The van der Waals surface area contributed by atoms with Crippen LogP contribution >= 0.6 is 23.1 Å². The van der Waals surface area contributed by atoms with E-state index in [0.29, 0.717) is 6.54 Å². The van der Waals surface area contributed by atoms with Crippen molar-refractivity contribution in [2.24, 2.45) is 5.92 Å². The Morgan fingerprint density at radius 3 is 2.76 bits per heavy atom. The number of thiophene rings is 1. The quantitative estimate of drug-likeness (QED) is 0.294. The summed E-state index contributed by atoms with van der Waals surface area (Å²) in [7, 11) is 0. The molecule has 1 N–H and O–H groups in total. The van der Waals surface area contributed by atoms with Crippen LogP contribution in [-0.4, -0.2) is 26.4 Å². The topological polar surface area (TPSA) is 59.8 Å². The fraction of sp³-hybridized carbons (Fsp3) is 0.423. The van der Waals surface area contributed by atoms with Crippen molar-refractivity contribution >= 4 is 34.7 Å². The highest BCUT2D eigenvalue weighted by atomic mass is 32.2. The second-order valence-corrected chi connectivity index (χ2v) is 10.5. The lowest BCUT2D eigenvalue weighted by molar-refractivity contribution is -0.113. The maximum atomic E-state index is 12.8. The van der Waals surface area contributed by atoms with Gasteiger partial charge in [-0.2, -0.15) is 0 Å². The number of carbonyl (C=O) groups excluding carboxylic acids is 1. The average Bonchev–Trinajstić information content (AvgIpc) is 3.41. The van der Waals surface area contributed by atoms with Gasteiger partial charge in [-0.3, -0.25) is 9.36 Å². The molecule has 1 aliphatic carbocycles. The number of carbonyl (C=O) groups is 1. The number of para-hydroxylation sites is 1. The molecule has 1 unspecified atom stereocenters. The van der Waals surface area contributed by atoms with Crippen LogP contribution in [0.15, 0.2) is 41.4 Å². The van der Waals surface area contributed by atoms with Gasteiger partial charge in [-0.1, -0.05) is 56.8 Å². The molecule has 1 aliphatic rings. The Bertz CT molecular complexity index is 1130. The van der Waals surface area contributed by atoms with E-state index in [2.05, 4.69) is 71.0 Å². The molecule has 2 heterocycles. The number of hydrogen-bond donors (Lipinski definition) is 1. The number of nitrogens with zero attached hydrogens (tertiary/aromatic N) is 3. The lowest BCUT2D eigenvalue weighted by atomic mass is 9.88. The third-order valence-electron chi connectivity index (χ3n) is 6.27.